The predicted molar refractivity (Wildman–Crippen MR) is 70.5 cm³/mol. The third-order valence-corrected chi connectivity index (χ3v) is 4.98. The lowest BCUT2D eigenvalue weighted by molar-refractivity contribution is -1.08. The highest BCUT2D eigenvalue weighted by Gasteiger charge is 2.46. The molecule has 3 aliphatic rings. The molecule has 0 saturated carbocycles. The molecule has 3 fully saturated rings. The molecule has 0 N–H and O–H groups in total. The summed E-state index contributed by atoms with van der Waals surface area (Å²) in [5.41, 5.74) is 2.89. The Morgan fingerprint density at radius 1 is 0.882 bits per heavy atom. The second kappa shape index (κ2) is 3.82. The minimum Gasteiger partial charge on any atom is -0.312 e. The Bertz CT molecular complexity index is 383. The summed E-state index contributed by atoms with van der Waals surface area (Å²) in [6.07, 6.45) is 0. The van der Waals surface area contributed by atoms with Crippen molar-refractivity contribution in [2.45, 2.75) is 13.5 Å². The number of aryl methyl sites for hydroxylation is 1. The Balaban J connectivity index is 1.75. The number of benzene rings is 1. The Hall–Kier alpha value is -0.860. The van der Waals surface area contributed by atoms with E-state index in [4.69, 9.17) is 0 Å². The molecule has 1 aromatic carbocycles. The zero-order chi connectivity index (χ0) is 11.9. The zero-order valence-corrected chi connectivity index (χ0v) is 11.2. The van der Waals surface area contributed by atoms with Crippen LogP contribution in [0.3, 0.4) is 0 Å². The van der Waals surface area contributed by atoms with Crippen LogP contribution in [0.5, 0.6) is 0 Å². The SMILES string of the molecule is Cc1ccc(C[N+]23CC[N+](C)(CC2)CC3)cc1. The van der Waals surface area contributed by atoms with Gasteiger partial charge >= 0.3 is 0 Å². The summed E-state index contributed by atoms with van der Waals surface area (Å²) < 4.78 is 2.67. The van der Waals surface area contributed by atoms with Crippen LogP contribution in [0.25, 0.3) is 0 Å². The smallest absolute Gasteiger partial charge is 0.129 e. The molecule has 3 saturated heterocycles. The van der Waals surface area contributed by atoms with E-state index in [-0.39, 0.29) is 0 Å². The lowest BCUT2D eigenvalue weighted by Crippen LogP contribution is -2.73. The lowest BCUT2D eigenvalue weighted by Gasteiger charge is -2.54. The molecule has 1 aromatic rings. The maximum atomic E-state index is 2.43. The van der Waals surface area contributed by atoms with Crippen molar-refractivity contribution >= 4 is 0 Å². The third-order valence-electron chi connectivity index (χ3n) is 4.98. The van der Waals surface area contributed by atoms with Gasteiger partial charge in [0.05, 0.1) is 7.05 Å². The highest BCUT2D eigenvalue weighted by molar-refractivity contribution is 5.20. The number of hydrogen-bond donors (Lipinski definition) is 0. The Kier molecular flexibility index (Phi) is 2.53. The van der Waals surface area contributed by atoms with Gasteiger partial charge in [-0.05, 0) is 6.92 Å². The van der Waals surface area contributed by atoms with E-state index in [1.54, 1.807) is 0 Å². The van der Waals surface area contributed by atoms with E-state index < -0.39 is 0 Å². The average Bonchev–Trinajstić information content (AvgIpc) is 2.35. The van der Waals surface area contributed by atoms with Gasteiger partial charge in [0, 0.05) is 5.56 Å². The molecule has 0 unspecified atom stereocenters. The summed E-state index contributed by atoms with van der Waals surface area (Å²) >= 11 is 0. The van der Waals surface area contributed by atoms with Crippen LogP contribution in [-0.4, -0.2) is 55.3 Å². The standard InChI is InChI=1S/C15H24N2/c1-14-3-5-15(6-4-14)13-17-10-7-16(2,8-11-17)9-12-17/h3-6H,7-13H2,1-2H3/q+2. The first-order valence-electron chi connectivity index (χ1n) is 6.84. The van der Waals surface area contributed by atoms with Crippen LogP contribution in [0, 0.1) is 6.92 Å². The molecule has 0 spiro atoms. The van der Waals surface area contributed by atoms with Crippen molar-refractivity contribution < 1.29 is 8.97 Å². The second-order valence-corrected chi connectivity index (χ2v) is 6.45. The number of piperazine rings is 3. The Morgan fingerprint density at radius 2 is 1.41 bits per heavy atom. The fourth-order valence-electron chi connectivity index (χ4n) is 3.35. The van der Waals surface area contributed by atoms with Gasteiger partial charge in [0.2, 0.25) is 0 Å². The first kappa shape index (κ1) is 11.2. The molecular formula is C15H24N2+2. The van der Waals surface area contributed by atoms with E-state index >= 15 is 0 Å². The summed E-state index contributed by atoms with van der Waals surface area (Å²) in [5.74, 6) is 0. The van der Waals surface area contributed by atoms with E-state index in [0.29, 0.717) is 0 Å². The van der Waals surface area contributed by atoms with E-state index in [9.17, 15) is 0 Å². The van der Waals surface area contributed by atoms with Gasteiger partial charge in [-0.15, -0.1) is 0 Å². The maximum absolute atomic E-state index is 2.43. The van der Waals surface area contributed by atoms with Crippen LogP contribution in [0.15, 0.2) is 24.3 Å². The van der Waals surface area contributed by atoms with E-state index in [2.05, 4.69) is 38.2 Å². The topological polar surface area (TPSA) is 0 Å². The van der Waals surface area contributed by atoms with Crippen LogP contribution in [0.4, 0.5) is 0 Å². The van der Waals surface area contributed by atoms with Crippen molar-refractivity contribution in [1.82, 2.24) is 0 Å². The fraction of sp³-hybridized carbons (Fsp3) is 0.600. The molecule has 2 bridgehead atoms. The van der Waals surface area contributed by atoms with E-state index in [0.717, 1.165) is 0 Å². The van der Waals surface area contributed by atoms with Gasteiger partial charge in [-0.2, -0.15) is 0 Å². The van der Waals surface area contributed by atoms with Crippen molar-refractivity contribution in [3.05, 3.63) is 35.4 Å². The first-order valence-corrected chi connectivity index (χ1v) is 6.84. The molecule has 0 atom stereocenters. The monoisotopic (exact) mass is 232 g/mol. The predicted octanol–water partition coefficient (Wildman–Crippen LogP) is 1.79. The number of hydrogen-bond acceptors (Lipinski definition) is 0. The largest absolute Gasteiger partial charge is 0.312 e. The molecule has 0 amide bonds. The van der Waals surface area contributed by atoms with E-state index in [1.807, 2.05) is 0 Å². The van der Waals surface area contributed by atoms with Crippen molar-refractivity contribution in [3.8, 4) is 0 Å². The summed E-state index contributed by atoms with van der Waals surface area (Å²) in [5, 5.41) is 0. The number of fused-ring (bicyclic) bond motifs is 3. The molecular weight excluding hydrogens is 208 g/mol. The Morgan fingerprint density at radius 3 is 1.94 bits per heavy atom. The molecule has 3 aliphatic heterocycles. The van der Waals surface area contributed by atoms with Crippen molar-refractivity contribution in [2.24, 2.45) is 0 Å². The second-order valence-electron chi connectivity index (χ2n) is 6.45. The number of likely N-dealkylation sites (N-methyl/N-ethyl adjacent to an activating group) is 1. The highest BCUT2D eigenvalue weighted by Crippen LogP contribution is 2.27. The highest BCUT2D eigenvalue weighted by atomic mass is 15.5. The van der Waals surface area contributed by atoms with Gasteiger partial charge in [-0.25, -0.2) is 0 Å². The lowest BCUT2D eigenvalue weighted by atomic mass is 10.1. The molecule has 2 nitrogen and oxygen atoms in total. The minimum atomic E-state index is 1.25. The summed E-state index contributed by atoms with van der Waals surface area (Å²) in [6.45, 7) is 11.7. The van der Waals surface area contributed by atoms with Crippen LogP contribution < -0.4 is 0 Å². The Labute approximate surface area is 105 Å². The van der Waals surface area contributed by atoms with Crippen molar-refractivity contribution in [2.75, 3.05) is 46.3 Å². The average molecular weight is 232 g/mol. The number of nitrogens with zero attached hydrogens (tertiary/aromatic N) is 2. The van der Waals surface area contributed by atoms with Gasteiger partial charge < -0.3 is 8.97 Å². The molecule has 92 valence electrons. The number of rotatable bonds is 2. The summed E-state index contributed by atoms with van der Waals surface area (Å²) in [6, 6.07) is 9.14. The van der Waals surface area contributed by atoms with Gasteiger partial charge in [0.1, 0.15) is 45.8 Å². The van der Waals surface area contributed by atoms with Crippen LogP contribution in [0.2, 0.25) is 0 Å². The maximum Gasteiger partial charge on any atom is 0.129 e. The third kappa shape index (κ3) is 2.12. The zero-order valence-electron chi connectivity index (χ0n) is 11.2. The molecule has 0 aromatic heterocycles. The van der Waals surface area contributed by atoms with Crippen molar-refractivity contribution in [1.29, 1.82) is 0 Å². The molecule has 17 heavy (non-hydrogen) atoms. The fourth-order valence-corrected chi connectivity index (χ4v) is 3.35. The molecule has 2 heteroatoms. The van der Waals surface area contributed by atoms with Gasteiger partial charge in [0.15, 0.2) is 0 Å². The molecule has 0 radical (unpaired) electrons. The van der Waals surface area contributed by atoms with E-state index in [1.165, 1.54) is 65.9 Å². The summed E-state index contributed by atoms with van der Waals surface area (Å²) in [7, 11) is 2.43. The van der Waals surface area contributed by atoms with Gasteiger partial charge in [-0.1, -0.05) is 29.8 Å². The van der Waals surface area contributed by atoms with Crippen LogP contribution in [0.1, 0.15) is 11.1 Å². The minimum absolute atomic E-state index is 1.25. The van der Waals surface area contributed by atoms with Crippen LogP contribution >= 0.6 is 0 Å². The molecule has 0 aliphatic carbocycles. The normalized spacial score (nSPS) is 36.1. The van der Waals surface area contributed by atoms with Crippen molar-refractivity contribution in [3.63, 3.8) is 0 Å². The summed E-state index contributed by atoms with van der Waals surface area (Å²) in [4.78, 5) is 0. The quantitative estimate of drug-likeness (QED) is 0.682. The first-order chi connectivity index (χ1) is 8.09. The molecule has 3 heterocycles. The molecule has 4 rings (SSSR count). The van der Waals surface area contributed by atoms with Gasteiger partial charge in [-0.3, -0.25) is 0 Å². The van der Waals surface area contributed by atoms with Gasteiger partial charge in [0.25, 0.3) is 0 Å². The number of quaternary nitrogens is 2. The van der Waals surface area contributed by atoms with Crippen LogP contribution in [-0.2, 0) is 6.54 Å².